The average Bonchev–Trinajstić information content (AvgIpc) is 3.18. The predicted molar refractivity (Wildman–Crippen MR) is 96.6 cm³/mol. The monoisotopic (exact) mass is 423 g/mol. The molecule has 4 nitrogen and oxygen atoms in total. The molecule has 0 radical (unpaired) electrons. The van der Waals surface area contributed by atoms with Crippen molar-refractivity contribution < 1.29 is 4.79 Å². The zero-order valence-electron chi connectivity index (χ0n) is 11.7. The third-order valence-corrected chi connectivity index (χ3v) is 4.52. The molecule has 3 aromatic rings. The topological polar surface area (TPSA) is 46.9 Å². The number of hydrogen-bond donors (Lipinski definition) is 1. The minimum absolute atomic E-state index is 0.0703. The summed E-state index contributed by atoms with van der Waals surface area (Å²) in [6.07, 6.45) is 2.65. The first-order valence-electron chi connectivity index (χ1n) is 6.82. The van der Waals surface area contributed by atoms with E-state index in [9.17, 15) is 4.79 Å². The van der Waals surface area contributed by atoms with Crippen LogP contribution < -0.4 is 5.32 Å². The lowest BCUT2D eigenvalue weighted by Crippen LogP contribution is -2.27. The van der Waals surface area contributed by atoms with E-state index >= 15 is 0 Å². The van der Waals surface area contributed by atoms with Gasteiger partial charge in [0.05, 0.1) is 11.2 Å². The van der Waals surface area contributed by atoms with Crippen molar-refractivity contribution in [1.82, 2.24) is 14.9 Å². The van der Waals surface area contributed by atoms with Crippen molar-refractivity contribution in [3.05, 3.63) is 68.4 Å². The molecule has 2 heterocycles. The fourth-order valence-electron chi connectivity index (χ4n) is 2.17. The van der Waals surface area contributed by atoms with E-state index in [4.69, 9.17) is 0 Å². The Kier molecular flexibility index (Phi) is 4.89. The number of halogens is 1. The fourth-order valence-corrected chi connectivity index (χ4v) is 3.29. The molecule has 0 saturated heterocycles. The lowest BCUT2D eigenvalue weighted by atomic mass is 10.3. The number of hydrogen-bond acceptors (Lipinski definition) is 3. The summed E-state index contributed by atoms with van der Waals surface area (Å²) in [5.41, 5.74) is 4.44. The molecule has 1 N–H and O–H groups in total. The molecule has 0 unspecified atom stereocenters. The Morgan fingerprint density at radius 2 is 2.23 bits per heavy atom. The predicted octanol–water partition coefficient (Wildman–Crippen LogP) is 3.51. The van der Waals surface area contributed by atoms with Crippen molar-refractivity contribution in [3.8, 4) is 5.69 Å². The zero-order valence-corrected chi connectivity index (χ0v) is 14.7. The number of carbonyl (C=O) groups is 1. The number of benzene rings is 1. The minimum atomic E-state index is -0.0703. The maximum absolute atomic E-state index is 12.4. The summed E-state index contributed by atoms with van der Waals surface area (Å²) in [5, 5.41) is 4.95. The highest BCUT2D eigenvalue weighted by Crippen LogP contribution is 2.15. The number of nitrogens with zero attached hydrogens (tertiary/aromatic N) is 2. The lowest BCUT2D eigenvalue weighted by molar-refractivity contribution is 0.0947. The van der Waals surface area contributed by atoms with Crippen LogP contribution in [-0.4, -0.2) is 22.0 Å². The van der Waals surface area contributed by atoms with Gasteiger partial charge in [-0.25, -0.2) is 4.98 Å². The number of aromatic nitrogens is 2. The first kappa shape index (κ1) is 15.2. The van der Waals surface area contributed by atoms with Gasteiger partial charge >= 0.3 is 0 Å². The van der Waals surface area contributed by atoms with Crippen molar-refractivity contribution in [3.63, 3.8) is 0 Å². The molecule has 2 aromatic heterocycles. The first-order valence-corrected chi connectivity index (χ1v) is 8.85. The second kappa shape index (κ2) is 7.06. The van der Waals surface area contributed by atoms with Crippen molar-refractivity contribution in [2.75, 3.05) is 6.54 Å². The van der Waals surface area contributed by atoms with Crippen LogP contribution in [0.1, 0.15) is 16.2 Å². The zero-order chi connectivity index (χ0) is 15.4. The van der Waals surface area contributed by atoms with Gasteiger partial charge in [-0.3, -0.25) is 4.79 Å². The SMILES string of the molecule is O=C(NCCc1cscn1)c1cccn1-c1cccc(I)c1. The van der Waals surface area contributed by atoms with Gasteiger partial charge < -0.3 is 9.88 Å². The van der Waals surface area contributed by atoms with Crippen molar-refractivity contribution >= 4 is 39.8 Å². The Balaban J connectivity index is 1.70. The molecule has 0 aliphatic carbocycles. The normalized spacial score (nSPS) is 10.6. The van der Waals surface area contributed by atoms with Crippen molar-refractivity contribution in [1.29, 1.82) is 0 Å². The van der Waals surface area contributed by atoms with Crippen LogP contribution in [0.15, 0.2) is 53.5 Å². The number of nitrogens with one attached hydrogen (secondary N) is 1. The highest BCUT2D eigenvalue weighted by Gasteiger charge is 2.11. The Morgan fingerprint density at radius 1 is 1.32 bits per heavy atom. The molecular weight excluding hydrogens is 409 g/mol. The van der Waals surface area contributed by atoms with Crippen molar-refractivity contribution in [2.24, 2.45) is 0 Å². The molecule has 0 aliphatic rings. The van der Waals surface area contributed by atoms with Gasteiger partial charge in [-0.15, -0.1) is 11.3 Å². The van der Waals surface area contributed by atoms with E-state index in [1.54, 1.807) is 16.8 Å². The Hall–Kier alpha value is -1.67. The van der Waals surface area contributed by atoms with Gasteiger partial charge in [0.1, 0.15) is 5.69 Å². The Bertz CT molecular complexity index is 767. The molecule has 6 heteroatoms. The quantitative estimate of drug-likeness (QED) is 0.639. The largest absolute Gasteiger partial charge is 0.350 e. The second-order valence-electron chi connectivity index (χ2n) is 4.73. The summed E-state index contributed by atoms with van der Waals surface area (Å²) in [7, 11) is 0. The van der Waals surface area contributed by atoms with Crippen LogP contribution in [0.25, 0.3) is 5.69 Å². The molecular formula is C16H14IN3OS. The van der Waals surface area contributed by atoms with Gasteiger partial charge in [-0.2, -0.15) is 0 Å². The summed E-state index contributed by atoms with van der Waals surface area (Å²) < 4.78 is 3.04. The van der Waals surface area contributed by atoms with Crippen LogP contribution in [0.2, 0.25) is 0 Å². The molecule has 1 amide bonds. The van der Waals surface area contributed by atoms with E-state index in [0.29, 0.717) is 12.2 Å². The van der Waals surface area contributed by atoms with E-state index in [2.05, 4.69) is 32.9 Å². The first-order chi connectivity index (χ1) is 10.7. The standard InChI is InChI=1S/C16H14IN3OS/c17-12-3-1-4-14(9-12)20-8-2-5-15(20)16(21)18-7-6-13-10-22-11-19-13/h1-5,8-11H,6-7H2,(H,18,21). The number of thiazole rings is 1. The van der Waals surface area contributed by atoms with E-state index in [1.165, 1.54) is 0 Å². The maximum atomic E-state index is 12.4. The van der Waals surface area contributed by atoms with E-state index in [0.717, 1.165) is 21.4 Å². The van der Waals surface area contributed by atoms with Crippen LogP contribution >= 0.6 is 33.9 Å². The van der Waals surface area contributed by atoms with Gasteiger partial charge in [0.15, 0.2) is 0 Å². The molecule has 112 valence electrons. The van der Waals surface area contributed by atoms with E-state index in [-0.39, 0.29) is 5.91 Å². The number of carbonyl (C=O) groups excluding carboxylic acids is 1. The Labute approximate surface area is 146 Å². The highest BCUT2D eigenvalue weighted by atomic mass is 127. The van der Waals surface area contributed by atoms with Crippen LogP contribution in [0.4, 0.5) is 0 Å². The van der Waals surface area contributed by atoms with Crippen molar-refractivity contribution in [2.45, 2.75) is 6.42 Å². The van der Waals surface area contributed by atoms with Gasteiger partial charge in [0.2, 0.25) is 0 Å². The van der Waals surface area contributed by atoms with Crippen LogP contribution in [0.3, 0.4) is 0 Å². The molecule has 3 rings (SSSR count). The molecule has 0 fully saturated rings. The summed E-state index contributed by atoms with van der Waals surface area (Å²) in [6.45, 7) is 0.583. The third kappa shape index (κ3) is 3.56. The maximum Gasteiger partial charge on any atom is 0.268 e. The van der Waals surface area contributed by atoms with Gasteiger partial charge in [0, 0.05) is 33.8 Å². The molecule has 0 spiro atoms. The molecule has 0 atom stereocenters. The van der Waals surface area contributed by atoms with E-state index in [1.807, 2.05) is 52.5 Å². The number of amides is 1. The summed E-state index contributed by atoms with van der Waals surface area (Å²) in [5.74, 6) is -0.0703. The molecule has 0 bridgehead atoms. The summed E-state index contributed by atoms with van der Waals surface area (Å²) in [6, 6.07) is 11.8. The minimum Gasteiger partial charge on any atom is -0.350 e. The van der Waals surface area contributed by atoms with Crippen LogP contribution in [0, 0.1) is 3.57 Å². The average molecular weight is 423 g/mol. The lowest BCUT2D eigenvalue weighted by Gasteiger charge is -2.10. The molecule has 0 saturated carbocycles. The Morgan fingerprint density at radius 3 is 3.00 bits per heavy atom. The number of rotatable bonds is 5. The van der Waals surface area contributed by atoms with Gasteiger partial charge in [-0.1, -0.05) is 6.07 Å². The third-order valence-electron chi connectivity index (χ3n) is 3.22. The molecule has 1 aromatic carbocycles. The molecule has 0 aliphatic heterocycles. The summed E-state index contributed by atoms with van der Waals surface area (Å²) >= 11 is 3.84. The van der Waals surface area contributed by atoms with Crippen LogP contribution in [0.5, 0.6) is 0 Å². The fraction of sp³-hybridized carbons (Fsp3) is 0.125. The van der Waals surface area contributed by atoms with Gasteiger partial charge in [-0.05, 0) is 52.9 Å². The summed E-state index contributed by atoms with van der Waals surface area (Å²) in [4.78, 5) is 16.6. The second-order valence-corrected chi connectivity index (χ2v) is 6.69. The van der Waals surface area contributed by atoms with Crippen LogP contribution in [-0.2, 0) is 6.42 Å². The van der Waals surface area contributed by atoms with Gasteiger partial charge in [0.25, 0.3) is 5.91 Å². The van der Waals surface area contributed by atoms with E-state index < -0.39 is 0 Å². The molecule has 22 heavy (non-hydrogen) atoms. The smallest absolute Gasteiger partial charge is 0.268 e. The highest BCUT2D eigenvalue weighted by molar-refractivity contribution is 14.1.